The number of fused-ring (bicyclic) bond motifs is 3. The minimum atomic E-state index is -2.99. The molecule has 0 radical (unpaired) electrons. The maximum Gasteiger partial charge on any atom is 1.00 e. The van der Waals surface area contributed by atoms with Crippen molar-refractivity contribution < 1.29 is 93.5 Å². The van der Waals surface area contributed by atoms with E-state index >= 15 is 0 Å². The fraction of sp³-hybridized carbons (Fsp3) is 0.300. The molecular weight excluding hydrogens is 448 g/mol. The van der Waals surface area contributed by atoms with Crippen molar-refractivity contribution in [2.45, 2.75) is 30.8 Å². The van der Waals surface area contributed by atoms with Gasteiger partial charge < -0.3 is 39.7 Å². The number of carboxylic acids is 2. The first-order chi connectivity index (χ1) is 13.8. The number of nitrogens with one attached hydrogen (secondary N) is 1. The number of halogens is 1. The van der Waals surface area contributed by atoms with Gasteiger partial charge in [0, 0.05) is 23.2 Å². The zero-order valence-electron chi connectivity index (χ0n) is 17.0. The molecule has 2 atom stereocenters. The molecule has 0 saturated carbocycles. The second kappa shape index (κ2) is 10.4. The number of aliphatic carboxylic acids is 2. The molecular formula is C20H16ClNNa2O7. The van der Waals surface area contributed by atoms with Crippen molar-refractivity contribution in [1.29, 1.82) is 0 Å². The number of hydrogen-bond donors (Lipinski definition) is 2. The normalized spacial score (nSPS) is 18.3. The fourth-order valence-electron chi connectivity index (χ4n) is 3.66. The number of aliphatic hydroxyl groups excluding tert-OH is 1. The summed E-state index contributed by atoms with van der Waals surface area (Å²) in [6.45, 7) is 0.278. The summed E-state index contributed by atoms with van der Waals surface area (Å²) in [5.74, 6) is -7.00. The van der Waals surface area contributed by atoms with E-state index in [-0.39, 0.29) is 83.2 Å². The Hall–Kier alpha value is -0.810. The van der Waals surface area contributed by atoms with E-state index in [0.717, 1.165) is 5.56 Å². The number of hydrogen-bond acceptors (Lipinski definition) is 8. The van der Waals surface area contributed by atoms with Crippen LogP contribution in [-0.2, 0) is 22.4 Å². The number of carbonyl (C=O) groups is 2. The number of rotatable bonds is 6. The van der Waals surface area contributed by atoms with Crippen LogP contribution in [0.4, 0.5) is 0 Å². The predicted octanol–water partition coefficient (Wildman–Crippen LogP) is -6.89. The summed E-state index contributed by atoms with van der Waals surface area (Å²) in [6, 6.07) is 10.1. The smallest absolute Gasteiger partial charge is 0.542 e. The zero-order chi connectivity index (χ0) is 20.8. The molecule has 2 aliphatic rings. The minimum Gasteiger partial charge on any atom is -0.542 e. The minimum absolute atomic E-state index is 0. The van der Waals surface area contributed by atoms with Crippen LogP contribution < -0.4 is 84.1 Å². The van der Waals surface area contributed by atoms with Crippen molar-refractivity contribution in [1.82, 2.24) is 5.32 Å². The largest absolute Gasteiger partial charge is 1.00 e. The Balaban J connectivity index is 0.00000171. The Morgan fingerprint density at radius 3 is 2.52 bits per heavy atom. The van der Waals surface area contributed by atoms with Gasteiger partial charge in [0.05, 0.1) is 6.10 Å². The number of ether oxygens (including phenoxy) is 2. The van der Waals surface area contributed by atoms with Crippen LogP contribution in [0.15, 0.2) is 36.4 Å². The van der Waals surface area contributed by atoms with Crippen LogP contribution in [0.3, 0.4) is 0 Å². The monoisotopic (exact) mass is 463 g/mol. The van der Waals surface area contributed by atoms with E-state index in [0.29, 0.717) is 29.0 Å². The Bertz CT molecular complexity index is 989. The third-order valence-electron chi connectivity index (χ3n) is 5.11. The average molecular weight is 464 g/mol. The molecule has 1 heterocycles. The van der Waals surface area contributed by atoms with Crippen molar-refractivity contribution >= 4 is 23.5 Å². The van der Waals surface area contributed by atoms with Crippen LogP contribution in [-0.4, -0.2) is 35.4 Å². The van der Waals surface area contributed by atoms with E-state index < -0.39 is 23.8 Å². The van der Waals surface area contributed by atoms with Crippen molar-refractivity contribution in [3.8, 4) is 11.5 Å². The number of carbonyl (C=O) groups excluding carboxylic acids is 2. The van der Waals surface area contributed by atoms with Crippen molar-refractivity contribution in [3.05, 3.63) is 58.1 Å². The molecule has 0 aromatic heterocycles. The fourth-order valence-corrected chi connectivity index (χ4v) is 3.86. The molecule has 8 nitrogen and oxygen atoms in total. The summed E-state index contributed by atoms with van der Waals surface area (Å²) in [4.78, 5) is 22.6. The molecule has 2 unspecified atom stereocenters. The Kier molecular flexibility index (Phi) is 8.89. The summed E-state index contributed by atoms with van der Waals surface area (Å²) >= 11 is 5.95. The Morgan fingerprint density at radius 1 is 1.16 bits per heavy atom. The van der Waals surface area contributed by atoms with Crippen LogP contribution in [0.5, 0.6) is 11.5 Å². The van der Waals surface area contributed by atoms with E-state index in [1.165, 1.54) is 6.07 Å². The van der Waals surface area contributed by atoms with Gasteiger partial charge in [0.25, 0.3) is 0 Å². The third-order valence-corrected chi connectivity index (χ3v) is 5.34. The molecule has 0 spiro atoms. The Labute approximate surface area is 227 Å². The number of carboxylic acid groups (broad SMARTS) is 2. The second-order valence-corrected chi connectivity index (χ2v) is 7.45. The molecule has 2 N–H and O–H groups in total. The second-order valence-electron chi connectivity index (χ2n) is 7.01. The molecule has 0 bridgehead atoms. The van der Waals surface area contributed by atoms with Gasteiger partial charge in [-0.25, -0.2) is 0 Å². The zero-order valence-corrected chi connectivity index (χ0v) is 21.8. The quantitative estimate of drug-likeness (QED) is 0.319. The third kappa shape index (κ3) is 5.08. The summed E-state index contributed by atoms with van der Waals surface area (Å²) in [6.07, 6.45) is 0.282. The maximum absolute atomic E-state index is 11.3. The van der Waals surface area contributed by atoms with Gasteiger partial charge in [0.1, 0.15) is 11.9 Å². The van der Waals surface area contributed by atoms with Gasteiger partial charge >= 0.3 is 64.9 Å². The van der Waals surface area contributed by atoms with Crippen molar-refractivity contribution in [2.24, 2.45) is 0 Å². The van der Waals surface area contributed by atoms with Gasteiger partial charge in [-0.1, -0.05) is 29.8 Å². The molecule has 4 rings (SSSR count). The number of benzene rings is 2. The van der Waals surface area contributed by atoms with E-state index in [4.69, 9.17) is 21.1 Å². The maximum atomic E-state index is 11.3. The molecule has 11 heteroatoms. The van der Waals surface area contributed by atoms with Crippen LogP contribution in [0.25, 0.3) is 0 Å². The van der Waals surface area contributed by atoms with Gasteiger partial charge in [-0.3, -0.25) is 0 Å². The first-order valence-electron chi connectivity index (χ1n) is 8.92. The standard InChI is InChI=1S/C20H18ClNO7.2Na/c21-12-3-1-2-11(6-12)15(23)9-22-13-7-10-4-5-16-17(14(10)8-13)29-20(28-16,18(24)25)19(26)27;;/h1-6,13,15,22-23H,7-9H2,(H,24,25)(H,26,27);;/q;2*+1/p-2. The summed E-state index contributed by atoms with van der Waals surface area (Å²) in [5, 5.41) is 36.8. The van der Waals surface area contributed by atoms with E-state index in [9.17, 15) is 24.9 Å². The number of aliphatic hydroxyl groups is 1. The van der Waals surface area contributed by atoms with Crippen LogP contribution >= 0.6 is 11.6 Å². The van der Waals surface area contributed by atoms with Crippen LogP contribution in [0.2, 0.25) is 5.02 Å². The Morgan fingerprint density at radius 2 is 1.87 bits per heavy atom. The van der Waals surface area contributed by atoms with Crippen LogP contribution in [0, 0.1) is 0 Å². The molecule has 31 heavy (non-hydrogen) atoms. The molecule has 1 aliphatic heterocycles. The summed E-state index contributed by atoms with van der Waals surface area (Å²) < 4.78 is 10.2. The van der Waals surface area contributed by atoms with Gasteiger partial charge in [-0.15, -0.1) is 0 Å². The van der Waals surface area contributed by atoms with Gasteiger partial charge in [-0.05, 0) is 42.2 Å². The molecule has 0 fully saturated rings. The van der Waals surface area contributed by atoms with E-state index in [1.54, 1.807) is 30.3 Å². The topological polar surface area (TPSA) is 131 Å². The van der Waals surface area contributed by atoms with Crippen LogP contribution in [0.1, 0.15) is 22.8 Å². The first-order valence-corrected chi connectivity index (χ1v) is 9.30. The average Bonchev–Trinajstić information content (AvgIpc) is 3.27. The predicted molar refractivity (Wildman–Crippen MR) is 96.1 cm³/mol. The van der Waals surface area contributed by atoms with E-state index in [2.05, 4.69) is 5.32 Å². The van der Waals surface area contributed by atoms with Gasteiger partial charge in [0.2, 0.25) is 0 Å². The van der Waals surface area contributed by atoms with Gasteiger partial charge in [-0.2, -0.15) is 0 Å². The molecule has 1 aliphatic carbocycles. The SMILES string of the molecule is O=C([O-])C1(C(=O)[O-])Oc2ccc3c(c2O1)CC(NCC(O)c1cccc(Cl)c1)C3.[Na+].[Na+]. The van der Waals surface area contributed by atoms with Crippen molar-refractivity contribution in [3.63, 3.8) is 0 Å². The summed E-state index contributed by atoms with van der Waals surface area (Å²) in [5.41, 5.74) is 2.21. The molecule has 0 amide bonds. The van der Waals surface area contributed by atoms with E-state index in [1.807, 2.05) is 0 Å². The van der Waals surface area contributed by atoms with Crippen molar-refractivity contribution in [2.75, 3.05) is 6.54 Å². The first kappa shape index (κ1) is 26.4. The molecule has 152 valence electrons. The summed E-state index contributed by atoms with van der Waals surface area (Å²) in [7, 11) is 0. The molecule has 2 aromatic rings. The molecule has 0 saturated heterocycles. The molecule has 2 aromatic carbocycles. The van der Waals surface area contributed by atoms with Gasteiger partial charge in [0.15, 0.2) is 11.5 Å².